The molecular formula is C18H20Cl2. The quantitative estimate of drug-likeness (QED) is 0.623. The maximum Gasteiger partial charge on any atom is 0.0408 e. The van der Waals surface area contributed by atoms with Gasteiger partial charge in [-0.15, -0.1) is 11.6 Å². The Balaban J connectivity index is 2.32. The Morgan fingerprint density at radius 2 is 1.65 bits per heavy atom. The summed E-state index contributed by atoms with van der Waals surface area (Å²) in [6.07, 6.45) is 0.960. The highest BCUT2D eigenvalue weighted by Crippen LogP contribution is 2.28. The van der Waals surface area contributed by atoms with Crippen molar-refractivity contribution < 1.29 is 0 Å². The maximum atomic E-state index is 6.20. The van der Waals surface area contributed by atoms with Crippen molar-refractivity contribution in [2.75, 3.05) is 5.88 Å². The summed E-state index contributed by atoms with van der Waals surface area (Å²) in [5, 5.41) is 0.773. The van der Waals surface area contributed by atoms with Crippen LogP contribution in [-0.2, 0) is 6.42 Å². The summed E-state index contributed by atoms with van der Waals surface area (Å²) in [5.41, 5.74) is 6.63. The lowest BCUT2D eigenvalue weighted by molar-refractivity contribution is 0.758. The summed E-state index contributed by atoms with van der Waals surface area (Å²) in [6, 6.07) is 12.5. The first-order valence-corrected chi connectivity index (χ1v) is 7.80. The van der Waals surface area contributed by atoms with E-state index in [1.165, 1.54) is 27.8 Å². The molecule has 0 radical (unpaired) electrons. The third kappa shape index (κ3) is 3.56. The zero-order chi connectivity index (χ0) is 14.7. The standard InChI is InChI=1S/C18H20Cl2/c1-12-7-13(2)18(14(3)8-12)10-16(11-19)15-5-4-6-17(20)9-15/h4-9,16H,10-11H2,1-3H3. The van der Waals surface area contributed by atoms with Crippen molar-refractivity contribution in [1.82, 2.24) is 0 Å². The van der Waals surface area contributed by atoms with E-state index in [0.29, 0.717) is 11.8 Å². The molecule has 0 saturated carbocycles. The molecular weight excluding hydrogens is 287 g/mol. The van der Waals surface area contributed by atoms with Crippen LogP contribution in [0, 0.1) is 20.8 Å². The Bertz CT molecular complexity index is 579. The number of alkyl halides is 1. The second-order valence-corrected chi connectivity index (χ2v) is 6.23. The van der Waals surface area contributed by atoms with Gasteiger partial charge in [-0.3, -0.25) is 0 Å². The van der Waals surface area contributed by atoms with Crippen LogP contribution < -0.4 is 0 Å². The van der Waals surface area contributed by atoms with Crippen LogP contribution in [0.1, 0.15) is 33.7 Å². The third-order valence-electron chi connectivity index (χ3n) is 3.80. The van der Waals surface area contributed by atoms with Crippen molar-refractivity contribution >= 4 is 23.2 Å². The summed E-state index contributed by atoms with van der Waals surface area (Å²) in [5.74, 6) is 0.906. The zero-order valence-corrected chi connectivity index (χ0v) is 13.7. The van der Waals surface area contributed by atoms with Gasteiger partial charge in [0.1, 0.15) is 0 Å². The van der Waals surface area contributed by atoms with Gasteiger partial charge in [-0.2, -0.15) is 0 Å². The van der Waals surface area contributed by atoms with Gasteiger partial charge in [-0.1, -0.05) is 41.4 Å². The Kier molecular flexibility index (Phi) is 5.12. The van der Waals surface area contributed by atoms with Crippen LogP contribution in [0.4, 0.5) is 0 Å². The highest BCUT2D eigenvalue weighted by atomic mass is 35.5. The van der Waals surface area contributed by atoms with E-state index in [1.54, 1.807) is 0 Å². The number of hydrogen-bond donors (Lipinski definition) is 0. The summed E-state index contributed by atoms with van der Waals surface area (Å²) in [7, 11) is 0. The topological polar surface area (TPSA) is 0 Å². The molecule has 0 saturated heterocycles. The van der Waals surface area contributed by atoms with Gasteiger partial charge in [0.2, 0.25) is 0 Å². The van der Waals surface area contributed by atoms with Crippen molar-refractivity contribution in [3.8, 4) is 0 Å². The number of benzene rings is 2. The summed E-state index contributed by atoms with van der Waals surface area (Å²) >= 11 is 12.3. The Morgan fingerprint density at radius 1 is 1.00 bits per heavy atom. The van der Waals surface area contributed by atoms with Gasteiger partial charge in [-0.25, -0.2) is 0 Å². The highest BCUT2D eigenvalue weighted by molar-refractivity contribution is 6.30. The highest BCUT2D eigenvalue weighted by Gasteiger charge is 2.14. The lowest BCUT2D eigenvalue weighted by Gasteiger charge is -2.18. The first-order valence-electron chi connectivity index (χ1n) is 6.89. The van der Waals surface area contributed by atoms with E-state index >= 15 is 0 Å². The molecule has 0 bridgehead atoms. The molecule has 106 valence electrons. The van der Waals surface area contributed by atoms with Crippen molar-refractivity contribution in [1.29, 1.82) is 0 Å². The third-order valence-corrected chi connectivity index (χ3v) is 4.40. The van der Waals surface area contributed by atoms with Crippen LogP contribution in [0.25, 0.3) is 0 Å². The Morgan fingerprint density at radius 3 is 2.20 bits per heavy atom. The van der Waals surface area contributed by atoms with Gasteiger partial charge in [0.25, 0.3) is 0 Å². The minimum absolute atomic E-state index is 0.301. The van der Waals surface area contributed by atoms with E-state index in [4.69, 9.17) is 23.2 Å². The number of hydrogen-bond acceptors (Lipinski definition) is 0. The average molecular weight is 307 g/mol. The molecule has 0 nitrogen and oxygen atoms in total. The largest absolute Gasteiger partial charge is 0.126 e. The number of rotatable bonds is 4. The number of halogens is 2. The lowest BCUT2D eigenvalue weighted by Crippen LogP contribution is -2.07. The van der Waals surface area contributed by atoms with Crippen LogP contribution in [0.2, 0.25) is 5.02 Å². The van der Waals surface area contributed by atoms with Gasteiger partial charge in [0.15, 0.2) is 0 Å². The first kappa shape index (κ1) is 15.4. The van der Waals surface area contributed by atoms with Crippen LogP contribution in [0.5, 0.6) is 0 Å². The molecule has 20 heavy (non-hydrogen) atoms. The monoisotopic (exact) mass is 306 g/mol. The van der Waals surface area contributed by atoms with Crippen LogP contribution >= 0.6 is 23.2 Å². The van der Waals surface area contributed by atoms with Gasteiger partial charge in [-0.05, 0) is 61.6 Å². The molecule has 0 aromatic heterocycles. The average Bonchev–Trinajstić information content (AvgIpc) is 2.38. The molecule has 1 unspecified atom stereocenters. The summed E-state index contributed by atoms with van der Waals surface area (Å²) in [6.45, 7) is 6.50. The van der Waals surface area contributed by atoms with E-state index in [1.807, 2.05) is 18.2 Å². The number of aryl methyl sites for hydroxylation is 3. The van der Waals surface area contributed by atoms with Gasteiger partial charge in [0.05, 0.1) is 0 Å². The molecule has 0 aliphatic rings. The van der Waals surface area contributed by atoms with Crippen molar-refractivity contribution in [2.24, 2.45) is 0 Å². The molecule has 0 aliphatic heterocycles. The Labute approximate surface area is 131 Å². The smallest absolute Gasteiger partial charge is 0.0408 e. The molecule has 0 N–H and O–H groups in total. The predicted molar refractivity (Wildman–Crippen MR) is 89.3 cm³/mol. The van der Waals surface area contributed by atoms with Gasteiger partial charge >= 0.3 is 0 Å². The van der Waals surface area contributed by atoms with Crippen LogP contribution in [0.15, 0.2) is 36.4 Å². The van der Waals surface area contributed by atoms with E-state index in [-0.39, 0.29) is 0 Å². The predicted octanol–water partition coefficient (Wildman–Crippen LogP) is 5.83. The molecule has 0 heterocycles. The molecule has 2 aromatic carbocycles. The lowest BCUT2D eigenvalue weighted by atomic mass is 9.88. The fourth-order valence-corrected chi connectivity index (χ4v) is 3.29. The van der Waals surface area contributed by atoms with E-state index in [0.717, 1.165) is 11.4 Å². The molecule has 0 amide bonds. The second-order valence-electron chi connectivity index (χ2n) is 5.49. The minimum atomic E-state index is 0.301. The second kappa shape index (κ2) is 6.65. The van der Waals surface area contributed by atoms with Gasteiger partial charge in [0, 0.05) is 16.8 Å². The Hall–Kier alpha value is -0.980. The zero-order valence-electron chi connectivity index (χ0n) is 12.2. The molecule has 1 atom stereocenters. The minimum Gasteiger partial charge on any atom is -0.126 e. The molecule has 0 fully saturated rings. The van der Waals surface area contributed by atoms with E-state index < -0.39 is 0 Å². The van der Waals surface area contributed by atoms with E-state index in [2.05, 4.69) is 39.0 Å². The fraction of sp³-hybridized carbons (Fsp3) is 0.333. The van der Waals surface area contributed by atoms with E-state index in [9.17, 15) is 0 Å². The van der Waals surface area contributed by atoms with Gasteiger partial charge < -0.3 is 0 Å². The molecule has 2 heteroatoms. The van der Waals surface area contributed by atoms with Crippen LogP contribution in [0.3, 0.4) is 0 Å². The van der Waals surface area contributed by atoms with Crippen LogP contribution in [-0.4, -0.2) is 5.88 Å². The molecule has 2 rings (SSSR count). The van der Waals surface area contributed by atoms with Crippen molar-refractivity contribution in [3.63, 3.8) is 0 Å². The SMILES string of the molecule is Cc1cc(C)c(CC(CCl)c2cccc(Cl)c2)c(C)c1. The van der Waals surface area contributed by atoms with Crippen molar-refractivity contribution in [2.45, 2.75) is 33.1 Å². The maximum absolute atomic E-state index is 6.20. The summed E-state index contributed by atoms with van der Waals surface area (Å²) < 4.78 is 0. The fourth-order valence-electron chi connectivity index (χ4n) is 2.80. The summed E-state index contributed by atoms with van der Waals surface area (Å²) in [4.78, 5) is 0. The van der Waals surface area contributed by atoms with Crippen molar-refractivity contribution in [3.05, 3.63) is 69.2 Å². The molecule has 2 aromatic rings. The molecule has 0 aliphatic carbocycles. The molecule has 0 spiro atoms. The first-order chi connectivity index (χ1) is 9.51. The normalized spacial score (nSPS) is 12.4.